The third-order valence-electron chi connectivity index (χ3n) is 4.43. The Labute approximate surface area is 164 Å². The summed E-state index contributed by atoms with van der Waals surface area (Å²) in [6, 6.07) is 7.81. The van der Waals surface area contributed by atoms with Gasteiger partial charge in [0.2, 0.25) is 0 Å². The molecule has 6 heteroatoms. The van der Waals surface area contributed by atoms with Crippen LogP contribution in [0.25, 0.3) is 0 Å². The second kappa shape index (κ2) is 8.89. The van der Waals surface area contributed by atoms with Crippen LogP contribution in [-0.4, -0.2) is 42.3 Å². The summed E-state index contributed by atoms with van der Waals surface area (Å²) in [5, 5.41) is 0. The fourth-order valence-electron chi connectivity index (χ4n) is 3.24. The molecule has 0 bridgehead atoms. The largest absolute Gasteiger partial charge is 0.466 e. The van der Waals surface area contributed by atoms with E-state index in [0.29, 0.717) is 19.7 Å². The molecular formula is C20H28BrNO4. The SMILES string of the molecule is CCOC(=O)C(c1ccc(Br)cc1)C1CCN(C(=O)OC(C)(C)C)CC1. The summed E-state index contributed by atoms with van der Waals surface area (Å²) in [6.45, 7) is 8.95. The number of carbonyl (C=O) groups excluding carboxylic acids is 2. The van der Waals surface area contributed by atoms with E-state index in [0.717, 1.165) is 22.9 Å². The van der Waals surface area contributed by atoms with Gasteiger partial charge in [-0.15, -0.1) is 0 Å². The molecular weight excluding hydrogens is 398 g/mol. The molecule has 0 spiro atoms. The lowest BCUT2D eigenvalue weighted by Gasteiger charge is -2.36. The van der Waals surface area contributed by atoms with Crippen molar-refractivity contribution in [3.8, 4) is 0 Å². The molecule has 1 atom stereocenters. The van der Waals surface area contributed by atoms with Gasteiger partial charge in [0.1, 0.15) is 5.60 Å². The third-order valence-corrected chi connectivity index (χ3v) is 4.96. The topological polar surface area (TPSA) is 55.8 Å². The molecule has 1 aliphatic rings. The lowest BCUT2D eigenvalue weighted by atomic mass is 9.80. The Hall–Kier alpha value is -1.56. The zero-order chi connectivity index (χ0) is 19.3. The minimum atomic E-state index is -0.501. The Morgan fingerprint density at radius 3 is 2.27 bits per heavy atom. The van der Waals surface area contributed by atoms with Gasteiger partial charge in [-0.25, -0.2) is 4.79 Å². The number of piperidine rings is 1. The number of carbonyl (C=O) groups is 2. The highest BCUT2D eigenvalue weighted by Gasteiger charge is 2.35. The molecule has 1 aromatic carbocycles. The molecule has 26 heavy (non-hydrogen) atoms. The number of nitrogens with zero attached hydrogens (tertiary/aromatic N) is 1. The van der Waals surface area contributed by atoms with Gasteiger partial charge in [0, 0.05) is 17.6 Å². The molecule has 144 valence electrons. The van der Waals surface area contributed by atoms with Crippen molar-refractivity contribution < 1.29 is 19.1 Å². The number of hydrogen-bond donors (Lipinski definition) is 0. The van der Waals surface area contributed by atoms with Crippen molar-refractivity contribution in [3.05, 3.63) is 34.3 Å². The van der Waals surface area contributed by atoms with Crippen LogP contribution in [0.1, 0.15) is 52.0 Å². The molecule has 1 amide bonds. The average Bonchev–Trinajstić information content (AvgIpc) is 2.56. The van der Waals surface area contributed by atoms with Gasteiger partial charge in [-0.05, 0) is 64.2 Å². The lowest BCUT2D eigenvalue weighted by Crippen LogP contribution is -2.43. The van der Waals surface area contributed by atoms with Crippen molar-refractivity contribution in [3.63, 3.8) is 0 Å². The maximum atomic E-state index is 12.6. The highest BCUT2D eigenvalue weighted by Crippen LogP contribution is 2.34. The van der Waals surface area contributed by atoms with Crippen molar-refractivity contribution in [2.45, 2.75) is 52.1 Å². The summed E-state index contributed by atoms with van der Waals surface area (Å²) in [5.74, 6) is -0.344. The van der Waals surface area contributed by atoms with Crippen LogP contribution in [0, 0.1) is 5.92 Å². The van der Waals surface area contributed by atoms with Crippen LogP contribution >= 0.6 is 15.9 Å². The zero-order valence-electron chi connectivity index (χ0n) is 16.0. The monoisotopic (exact) mass is 425 g/mol. The molecule has 0 aromatic heterocycles. The molecule has 1 aromatic rings. The number of hydrogen-bond acceptors (Lipinski definition) is 4. The summed E-state index contributed by atoms with van der Waals surface area (Å²) < 4.78 is 11.7. The van der Waals surface area contributed by atoms with Crippen LogP contribution in [0.5, 0.6) is 0 Å². The van der Waals surface area contributed by atoms with Crippen molar-refractivity contribution in [2.75, 3.05) is 19.7 Å². The minimum absolute atomic E-state index is 0.147. The number of ether oxygens (including phenoxy) is 2. The van der Waals surface area contributed by atoms with Crippen molar-refractivity contribution >= 4 is 28.0 Å². The molecule has 0 saturated carbocycles. The Kier molecular flexibility index (Phi) is 7.09. The van der Waals surface area contributed by atoms with Crippen LogP contribution in [-0.2, 0) is 14.3 Å². The van der Waals surface area contributed by atoms with Gasteiger partial charge in [0.05, 0.1) is 12.5 Å². The molecule has 1 heterocycles. The Bertz CT molecular complexity index is 616. The van der Waals surface area contributed by atoms with E-state index in [4.69, 9.17) is 9.47 Å². The first-order valence-electron chi connectivity index (χ1n) is 9.11. The van der Waals surface area contributed by atoms with E-state index in [1.807, 2.05) is 52.0 Å². The summed E-state index contributed by atoms with van der Waals surface area (Å²) in [7, 11) is 0. The third kappa shape index (κ3) is 5.73. The van der Waals surface area contributed by atoms with Gasteiger partial charge in [-0.2, -0.15) is 0 Å². The van der Waals surface area contributed by atoms with E-state index in [1.165, 1.54) is 0 Å². The van der Waals surface area contributed by atoms with Crippen LogP contribution < -0.4 is 0 Å². The smallest absolute Gasteiger partial charge is 0.410 e. The van der Waals surface area contributed by atoms with E-state index < -0.39 is 5.60 Å². The number of rotatable bonds is 4. The second-order valence-corrected chi connectivity index (χ2v) is 8.50. The molecule has 0 N–H and O–H groups in total. The van der Waals surface area contributed by atoms with Gasteiger partial charge >= 0.3 is 12.1 Å². The fraction of sp³-hybridized carbons (Fsp3) is 0.600. The van der Waals surface area contributed by atoms with Gasteiger partial charge in [-0.1, -0.05) is 28.1 Å². The molecule has 1 unspecified atom stereocenters. The molecule has 1 aliphatic heterocycles. The van der Waals surface area contributed by atoms with Gasteiger partial charge in [0.25, 0.3) is 0 Å². The maximum Gasteiger partial charge on any atom is 0.410 e. The van der Waals surface area contributed by atoms with Crippen LogP contribution in [0.2, 0.25) is 0 Å². The molecule has 2 rings (SSSR count). The van der Waals surface area contributed by atoms with Crippen molar-refractivity contribution in [1.82, 2.24) is 4.90 Å². The number of amides is 1. The maximum absolute atomic E-state index is 12.6. The first-order valence-corrected chi connectivity index (χ1v) is 9.90. The Morgan fingerprint density at radius 1 is 1.19 bits per heavy atom. The summed E-state index contributed by atoms with van der Waals surface area (Å²) >= 11 is 3.43. The Morgan fingerprint density at radius 2 is 1.77 bits per heavy atom. The predicted molar refractivity (Wildman–Crippen MR) is 104 cm³/mol. The Balaban J connectivity index is 2.07. The molecule has 0 aliphatic carbocycles. The van der Waals surface area contributed by atoms with E-state index in [2.05, 4.69) is 15.9 Å². The van der Waals surface area contributed by atoms with Crippen molar-refractivity contribution in [1.29, 1.82) is 0 Å². The predicted octanol–water partition coefficient (Wildman–Crippen LogP) is 4.74. The van der Waals surface area contributed by atoms with E-state index in [1.54, 1.807) is 4.90 Å². The highest BCUT2D eigenvalue weighted by atomic mass is 79.9. The first kappa shape index (κ1) is 20.7. The zero-order valence-corrected chi connectivity index (χ0v) is 17.5. The minimum Gasteiger partial charge on any atom is -0.466 e. The summed E-state index contributed by atoms with van der Waals surface area (Å²) in [4.78, 5) is 26.6. The van der Waals surface area contributed by atoms with Gasteiger partial charge < -0.3 is 14.4 Å². The van der Waals surface area contributed by atoms with Crippen LogP contribution in [0.3, 0.4) is 0 Å². The summed E-state index contributed by atoms with van der Waals surface area (Å²) in [6.07, 6.45) is 1.21. The normalized spacial score (nSPS) is 16.9. The van der Waals surface area contributed by atoms with Crippen LogP contribution in [0.15, 0.2) is 28.7 Å². The number of halogens is 1. The van der Waals surface area contributed by atoms with E-state index in [-0.39, 0.29) is 23.9 Å². The number of benzene rings is 1. The van der Waals surface area contributed by atoms with Gasteiger partial charge in [-0.3, -0.25) is 4.79 Å². The van der Waals surface area contributed by atoms with E-state index >= 15 is 0 Å². The number of esters is 1. The second-order valence-electron chi connectivity index (χ2n) is 7.59. The molecule has 0 radical (unpaired) electrons. The first-order chi connectivity index (χ1) is 12.2. The van der Waals surface area contributed by atoms with Crippen LogP contribution in [0.4, 0.5) is 4.79 Å². The van der Waals surface area contributed by atoms with Gasteiger partial charge in [0.15, 0.2) is 0 Å². The molecule has 1 saturated heterocycles. The standard InChI is InChI=1S/C20H28BrNO4/c1-5-25-18(23)17(14-6-8-16(21)9-7-14)15-10-12-22(13-11-15)19(24)26-20(2,3)4/h6-9,15,17H,5,10-13H2,1-4H3. The molecule has 5 nitrogen and oxygen atoms in total. The molecule has 1 fully saturated rings. The van der Waals surface area contributed by atoms with Crippen molar-refractivity contribution in [2.24, 2.45) is 5.92 Å². The highest BCUT2D eigenvalue weighted by molar-refractivity contribution is 9.10. The lowest BCUT2D eigenvalue weighted by molar-refractivity contribution is -0.146. The van der Waals surface area contributed by atoms with E-state index in [9.17, 15) is 9.59 Å². The summed E-state index contributed by atoms with van der Waals surface area (Å²) in [5.41, 5.74) is 0.459. The number of likely N-dealkylation sites (tertiary alicyclic amines) is 1. The average molecular weight is 426 g/mol. The quantitative estimate of drug-likeness (QED) is 0.653. The fourth-order valence-corrected chi connectivity index (χ4v) is 3.51.